The van der Waals surface area contributed by atoms with Crippen LogP contribution in [-0.4, -0.2) is 19.6 Å². The molecule has 1 amide bonds. The minimum absolute atomic E-state index is 0.0767. The minimum Gasteiger partial charge on any atom is -0.493 e. The minimum atomic E-state index is 0.0767. The van der Waals surface area contributed by atoms with Gasteiger partial charge < -0.3 is 14.8 Å². The Kier molecular flexibility index (Phi) is 5.83. The molecule has 0 bridgehead atoms. The molecule has 1 N–H and O–H groups in total. The molecule has 2 rings (SSSR count). The Morgan fingerprint density at radius 1 is 1.09 bits per heavy atom. The molecule has 116 valence electrons. The van der Waals surface area contributed by atoms with E-state index in [1.54, 1.807) is 7.11 Å². The van der Waals surface area contributed by atoms with E-state index in [0.717, 1.165) is 24.0 Å². The molecule has 0 heterocycles. The molecule has 0 aliphatic carbocycles. The second-order valence-corrected chi connectivity index (χ2v) is 5.15. The first-order chi connectivity index (χ1) is 10.7. The zero-order chi connectivity index (χ0) is 15.8. The van der Waals surface area contributed by atoms with E-state index in [-0.39, 0.29) is 6.04 Å². The molecule has 0 saturated heterocycles. The number of benzene rings is 2. The Morgan fingerprint density at radius 3 is 2.55 bits per heavy atom. The molecule has 1 unspecified atom stereocenters. The SMILES string of the molecule is COc1ccc(CC(C)NC=O)cc1OCc1ccccc1. The fourth-order valence-corrected chi connectivity index (χ4v) is 2.22. The Bertz CT molecular complexity index is 599. The van der Waals surface area contributed by atoms with Gasteiger partial charge in [-0.2, -0.15) is 0 Å². The highest BCUT2D eigenvalue weighted by molar-refractivity contribution is 5.47. The van der Waals surface area contributed by atoms with Gasteiger partial charge in [0.05, 0.1) is 7.11 Å². The van der Waals surface area contributed by atoms with Crippen molar-refractivity contribution in [3.63, 3.8) is 0 Å². The second-order valence-electron chi connectivity index (χ2n) is 5.15. The summed E-state index contributed by atoms with van der Waals surface area (Å²) >= 11 is 0. The molecule has 0 radical (unpaired) electrons. The smallest absolute Gasteiger partial charge is 0.207 e. The van der Waals surface area contributed by atoms with Gasteiger partial charge in [0.1, 0.15) is 6.61 Å². The molecule has 0 aromatic heterocycles. The van der Waals surface area contributed by atoms with Gasteiger partial charge in [-0.3, -0.25) is 4.79 Å². The summed E-state index contributed by atoms with van der Waals surface area (Å²) in [7, 11) is 1.63. The van der Waals surface area contributed by atoms with Gasteiger partial charge in [-0.15, -0.1) is 0 Å². The summed E-state index contributed by atoms with van der Waals surface area (Å²) in [5.74, 6) is 1.41. The number of methoxy groups -OCH3 is 1. The lowest BCUT2D eigenvalue weighted by molar-refractivity contribution is -0.110. The lowest BCUT2D eigenvalue weighted by Gasteiger charge is -2.14. The third-order valence-corrected chi connectivity index (χ3v) is 3.36. The molecule has 0 fully saturated rings. The summed E-state index contributed by atoms with van der Waals surface area (Å²) in [5, 5.41) is 2.75. The molecule has 0 saturated carbocycles. The fraction of sp³-hybridized carbons (Fsp3) is 0.278. The van der Waals surface area contributed by atoms with Crippen LogP contribution in [0.25, 0.3) is 0 Å². The van der Waals surface area contributed by atoms with Crippen LogP contribution in [0.2, 0.25) is 0 Å². The Hall–Kier alpha value is -2.49. The first kappa shape index (κ1) is 15.9. The van der Waals surface area contributed by atoms with Gasteiger partial charge in [0, 0.05) is 6.04 Å². The van der Waals surface area contributed by atoms with Gasteiger partial charge >= 0.3 is 0 Å². The van der Waals surface area contributed by atoms with E-state index in [1.165, 1.54) is 0 Å². The largest absolute Gasteiger partial charge is 0.493 e. The van der Waals surface area contributed by atoms with Crippen LogP contribution in [0.1, 0.15) is 18.1 Å². The lowest BCUT2D eigenvalue weighted by Crippen LogP contribution is -2.26. The van der Waals surface area contributed by atoms with Crippen molar-refractivity contribution in [1.29, 1.82) is 0 Å². The van der Waals surface area contributed by atoms with Crippen molar-refractivity contribution in [2.45, 2.75) is 26.0 Å². The highest BCUT2D eigenvalue weighted by Gasteiger charge is 2.09. The molecule has 0 spiro atoms. The Morgan fingerprint density at radius 2 is 1.86 bits per heavy atom. The number of carbonyl (C=O) groups excluding carboxylic acids is 1. The first-order valence-corrected chi connectivity index (χ1v) is 7.26. The van der Waals surface area contributed by atoms with E-state index in [1.807, 2.05) is 55.5 Å². The molecule has 2 aromatic carbocycles. The van der Waals surface area contributed by atoms with Crippen LogP contribution in [0.3, 0.4) is 0 Å². The molecular formula is C18H21NO3. The van der Waals surface area contributed by atoms with Crippen LogP contribution in [0.15, 0.2) is 48.5 Å². The van der Waals surface area contributed by atoms with Gasteiger partial charge in [0.2, 0.25) is 6.41 Å². The van der Waals surface area contributed by atoms with Crippen molar-refractivity contribution in [3.05, 3.63) is 59.7 Å². The maximum atomic E-state index is 10.5. The van der Waals surface area contributed by atoms with E-state index in [9.17, 15) is 4.79 Å². The van der Waals surface area contributed by atoms with Crippen molar-refractivity contribution in [3.8, 4) is 11.5 Å². The molecule has 22 heavy (non-hydrogen) atoms. The quantitative estimate of drug-likeness (QED) is 0.762. The van der Waals surface area contributed by atoms with Crippen LogP contribution in [0.5, 0.6) is 11.5 Å². The number of ether oxygens (including phenoxy) is 2. The maximum absolute atomic E-state index is 10.5. The predicted octanol–water partition coefficient (Wildman–Crippen LogP) is 2.95. The molecule has 4 heteroatoms. The van der Waals surface area contributed by atoms with Crippen molar-refractivity contribution < 1.29 is 14.3 Å². The van der Waals surface area contributed by atoms with Gasteiger partial charge in [-0.1, -0.05) is 36.4 Å². The zero-order valence-corrected chi connectivity index (χ0v) is 12.9. The second kappa shape index (κ2) is 8.08. The summed E-state index contributed by atoms with van der Waals surface area (Å²) < 4.78 is 11.2. The Labute approximate surface area is 131 Å². The summed E-state index contributed by atoms with van der Waals surface area (Å²) in [6.45, 7) is 2.45. The van der Waals surface area contributed by atoms with E-state index in [4.69, 9.17) is 9.47 Å². The van der Waals surface area contributed by atoms with E-state index >= 15 is 0 Å². The van der Waals surface area contributed by atoms with Crippen molar-refractivity contribution in [2.24, 2.45) is 0 Å². The monoisotopic (exact) mass is 299 g/mol. The predicted molar refractivity (Wildman–Crippen MR) is 86.1 cm³/mol. The van der Waals surface area contributed by atoms with Crippen molar-refractivity contribution in [2.75, 3.05) is 7.11 Å². The summed E-state index contributed by atoms with van der Waals surface area (Å²) in [5.41, 5.74) is 2.19. The average Bonchev–Trinajstić information content (AvgIpc) is 2.54. The fourth-order valence-electron chi connectivity index (χ4n) is 2.22. The third kappa shape index (κ3) is 4.52. The van der Waals surface area contributed by atoms with Crippen LogP contribution in [0, 0.1) is 0 Å². The number of hydrogen-bond donors (Lipinski definition) is 1. The first-order valence-electron chi connectivity index (χ1n) is 7.26. The summed E-state index contributed by atoms with van der Waals surface area (Å²) in [4.78, 5) is 10.5. The third-order valence-electron chi connectivity index (χ3n) is 3.36. The topological polar surface area (TPSA) is 47.6 Å². The molecule has 1 atom stereocenters. The van der Waals surface area contributed by atoms with Gasteiger partial charge in [0.15, 0.2) is 11.5 Å². The van der Waals surface area contributed by atoms with E-state index < -0.39 is 0 Å². The van der Waals surface area contributed by atoms with Crippen LogP contribution < -0.4 is 14.8 Å². The van der Waals surface area contributed by atoms with Crippen LogP contribution in [0.4, 0.5) is 0 Å². The molecule has 0 aliphatic rings. The molecule has 4 nitrogen and oxygen atoms in total. The highest BCUT2D eigenvalue weighted by atomic mass is 16.5. The Balaban J connectivity index is 2.08. The van der Waals surface area contributed by atoms with E-state index in [2.05, 4.69) is 5.32 Å². The van der Waals surface area contributed by atoms with Crippen LogP contribution >= 0.6 is 0 Å². The zero-order valence-electron chi connectivity index (χ0n) is 12.9. The van der Waals surface area contributed by atoms with Crippen LogP contribution in [-0.2, 0) is 17.8 Å². The maximum Gasteiger partial charge on any atom is 0.207 e. The average molecular weight is 299 g/mol. The van der Waals surface area contributed by atoms with Crippen molar-refractivity contribution in [1.82, 2.24) is 5.32 Å². The number of carbonyl (C=O) groups is 1. The van der Waals surface area contributed by atoms with E-state index in [0.29, 0.717) is 18.1 Å². The van der Waals surface area contributed by atoms with Gasteiger partial charge in [-0.25, -0.2) is 0 Å². The lowest BCUT2D eigenvalue weighted by atomic mass is 10.1. The van der Waals surface area contributed by atoms with Gasteiger partial charge in [-0.05, 0) is 36.6 Å². The normalized spacial score (nSPS) is 11.5. The van der Waals surface area contributed by atoms with Crippen molar-refractivity contribution >= 4 is 6.41 Å². The standard InChI is InChI=1S/C18H21NO3/c1-14(19-13-20)10-16-8-9-17(21-2)18(11-16)22-12-15-6-4-3-5-7-15/h3-9,11,13-14H,10,12H2,1-2H3,(H,19,20). The number of hydrogen-bond acceptors (Lipinski definition) is 3. The summed E-state index contributed by atoms with van der Waals surface area (Å²) in [6, 6.07) is 15.9. The molecular weight excluding hydrogens is 278 g/mol. The molecule has 0 aliphatic heterocycles. The highest BCUT2D eigenvalue weighted by Crippen LogP contribution is 2.29. The molecule has 2 aromatic rings. The number of rotatable bonds is 8. The van der Waals surface area contributed by atoms with Gasteiger partial charge in [0.25, 0.3) is 0 Å². The number of nitrogens with one attached hydrogen (secondary N) is 1. The number of amides is 1. The summed E-state index contributed by atoms with van der Waals surface area (Å²) in [6.07, 6.45) is 1.46.